The van der Waals surface area contributed by atoms with Gasteiger partial charge in [0.05, 0.1) is 28.6 Å². The number of aryl methyl sites for hydroxylation is 4. The van der Waals surface area contributed by atoms with Crippen LogP contribution in [-0.4, -0.2) is 68.1 Å². The summed E-state index contributed by atoms with van der Waals surface area (Å²) in [5.74, 6) is 0.970. The Balaban J connectivity index is 1.29. The van der Waals surface area contributed by atoms with Gasteiger partial charge in [-0.25, -0.2) is 19.8 Å². The highest BCUT2D eigenvalue weighted by molar-refractivity contribution is 7.11. The van der Waals surface area contributed by atoms with E-state index in [1.807, 2.05) is 42.2 Å². The lowest BCUT2D eigenvalue weighted by Gasteiger charge is -2.38. The minimum absolute atomic E-state index is 0.0385. The predicted molar refractivity (Wildman–Crippen MR) is 130 cm³/mol. The van der Waals surface area contributed by atoms with E-state index in [9.17, 15) is 4.79 Å². The van der Waals surface area contributed by atoms with Crippen molar-refractivity contribution < 1.29 is 4.79 Å². The molecule has 2 aliphatic heterocycles. The number of hydrazone groups is 1. The smallest absolute Gasteiger partial charge is 0.341 e. The number of urea groups is 1. The van der Waals surface area contributed by atoms with Gasteiger partial charge in [-0.05, 0) is 38.0 Å². The van der Waals surface area contributed by atoms with Gasteiger partial charge in [-0.3, -0.25) is 4.68 Å². The minimum Gasteiger partial charge on any atom is -0.353 e. The first kappa shape index (κ1) is 21.6. The molecule has 0 saturated carbocycles. The molecule has 2 aliphatic rings. The summed E-state index contributed by atoms with van der Waals surface area (Å²) in [4.78, 5) is 27.8. The van der Waals surface area contributed by atoms with Gasteiger partial charge in [0, 0.05) is 56.9 Å². The van der Waals surface area contributed by atoms with Crippen LogP contribution in [0.4, 0.5) is 10.6 Å². The Hall–Kier alpha value is -3.27. The van der Waals surface area contributed by atoms with Crippen LogP contribution < -0.4 is 4.90 Å². The van der Waals surface area contributed by atoms with Crippen LogP contribution in [0, 0.1) is 20.8 Å². The van der Waals surface area contributed by atoms with Crippen molar-refractivity contribution in [3.63, 3.8) is 0 Å². The lowest BCUT2D eigenvalue weighted by atomic mass is 10.1. The van der Waals surface area contributed by atoms with Crippen LogP contribution in [0.3, 0.4) is 0 Å². The van der Waals surface area contributed by atoms with Gasteiger partial charge >= 0.3 is 6.03 Å². The Morgan fingerprint density at radius 3 is 2.52 bits per heavy atom. The van der Waals surface area contributed by atoms with Gasteiger partial charge in [-0.1, -0.05) is 6.07 Å². The molecule has 1 fully saturated rings. The number of carbonyl (C=O) groups is 1. The van der Waals surface area contributed by atoms with E-state index < -0.39 is 0 Å². The molecule has 33 heavy (non-hydrogen) atoms. The first-order valence-electron chi connectivity index (χ1n) is 11.2. The van der Waals surface area contributed by atoms with Crippen molar-refractivity contribution in [3.8, 4) is 11.4 Å². The van der Waals surface area contributed by atoms with Crippen LogP contribution in [0.15, 0.2) is 29.6 Å². The normalized spacial score (nSPS) is 18.4. The first-order chi connectivity index (χ1) is 15.9. The van der Waals surface area contributed by atoms with Crippen molar-refractivity contribution in [1.82, 2.24) is 29.7 Å². The number of rotatable bonds is 3. The monoisotopic (exact) mass is 464 g/mol. The molecule has 3 aromatic heterocycles. The number of thiazole rings is 1. The van der Waals surface area contributed by atoms with Crippen molar-refractivity contribution in [1.29, 1.82) is 0 Å². The van der Waals surface area contributed by atoms with Crippen molar-refractivity contribution >= 4 is 29.4 Å². The average molecular weight is 465 g/mol. The number of nitrogens with zero attached hydrogens (tertiary/aromatic N) is 8. The number of amides is 2. The van der Waals surface area contributed by atoms with Crippen LogP contribution >= 0.6 is 11.3 Å². The third-order valence-electron chi connectivity index (χ3n) is 6.28. The number of hydrogen-bond acceptors (Lipinski definition) is 7. The lowest BCUT2D eigenvalue weighted by Crippen LogP contribution is -2.52. The number of hydrogen-bond donors (Lipinski definition) is 0. The van der Waals surface area contributed by atoms with E-state index in [1.54, 1.807) is 16.3 Å². The Bertz CT molecular complexity index is 1190. The summed E-state index contributed by atoms with van der Waals surface area (Å²) >= 11 is 1.63. The molecule has 3 aromatic rings. The zero-order valence-electron chi connectivity index (χ0n) is 19.4. The van der Waals surface area contributed by atoms with Crippen LogP contribution in [-0.2, 0) is 7.05 Å². The molecular formula is C23H28N8OS. The Kier molecular flexibility index (Phi) is 5.61. The van der Waals surface area contributed by atoms with Gasteiger partial charge in [0.25, 0.3) is 0 Å². The lowest BCUT2D eigenvalue weighted by molar-refractivity contribution is 0.140. The molecule has 1 atom stereocenters. The summed E-state index contributed by atoms with van der Waals surface area (Å²) in [6, 6.07) is 4.07. The Morgan fingerprint density at radius 1 is 1.06 bits per heavy atom. The van der Waals surface area contributed by atoms with Crippen molar-refractivity contribution in [2.75, 3.05) is 31.1 Å². The van der Waals surface area contributed by atoms with Gasteiger partial charge in [-0.15, -0.1) is 11.3 Å². The minimum atomic E-state index is -0.0514. The third-order valence-corrected chi connectivity index (χ3v) is 7.29. The predicted octanol–water partition coefficient (Wildman–Crippen LogP) is 3.54. The largest absolute Gasteiger partial charge is 0.353 e. The van der Waals surface area contributed by atoms with E-state index in [0.29, 0.717) is 13.1 Å². The molecule has 0 aromatic carbocycles. The van der Waals surface area contributed by atoms with Gasteiger partial charge in [-0.2, -0.15) is 10.2 Å². The third kappa shape index (κ3) is 3.99. The van der Waals surface area contributed by atoms with Crippen LogP contribution in [0.25, 0.3) is 11.4 Å². The molecule has 0 radical (unpaired) electrons. The SMILES string of the molecule is Cc1ncc(C2CC=NN2C(=O)N2CCN(c3nc(-c4c(C)cnn4C)ccc3C)CC2)s1. The second-order valence-corrected chi connectivity index (χ2v) is 9.84. The van der Waals surface area contributed by atoms with Gasteiger partial charge < -0.3 is 9.80 Å². The second-order valence-electron chi connectivity index (χ2n) is 8.57. The van der Waals surface area contributed by atoms with E-state index in [2.05, 4.69) is 46.1 Å². The summed E-state index contributed by atoms with van der Waals surface area (Å²) < 4.78 is 1.87. The molecule has 0 spiro atoms. The number of piperazine rings is 1. The zero-order chi connectivity index (χ0) is 23.1. The zero-order valence-corrected chi connectivity index (χ0v) is 20.2. The summed E-state index contributed by atoms with van der Waals surface area (Å²) in [7, 11) is 1.94. The molecule has 0 aliphatic carbocycles. The highest BCUT2D eigenvalue weighted by atomic mass is 32.1. The number of anilines is 1. The molecule has 0 N–H and O–H groups in total. The molecule has 172 valence electrons. The molecule has 0 bridgehead atoms. The van der Waals surface area contributed by atoms with Crippen LogP contribution in [0.5, 0.6) is 0 Å². The highest BCUT2D eigenvalue weighted by Gasteiger charge is 2.34. The van der Waals surface area contributed by atoms with Gasteiger partial charge in [0.1, 0.15) is 5.82 Å². The maximum Gasteiger partial charge on any atom is 0.341 e. The van der Waals surface area contributed by atoms with E-state index in [-0.39, 0.29) is 12.1 Å². The van der Waals surface area contributed by atoms with E-state index >= 15 is 0 Å². The van der Waals surface area contributed by atoms with Crippen molar-refractivity contribution in [3.05, 3.63) is 45.5 Å². The topological polar surface area (TPSA) is 82.8 Å². The highest BCUT2D eigenvalue weighted by Crippen LogP contribution is 2.33. The van der Waals surface area contributed by atoms with E-state index in [4.69, 9.17) is 4.98 Å². The number of pyridine rings is 1. The quantitative estimate of drug-likeness (QED) is 0.592. The van der Waals surface area contributed by atoms with Crippen molar-refractivity contribution in [2.45, 2.75) is 33.2 Å². The van der Waals surface area contributed by atoms with Crippen molar-refractivity contribution in [2.24, 2.45) is 12.1 Å². The fraction of sp³-hybridized carbons (Fsp3) is 0.435. The molecule has 2 amide bonds. The Labute approximate surface area is 197 Å². The Morgan fingerprint density at radius 2 is 1.85 bits per heavy atom. The van der Waals surface area contributed by atoms with E-state index in [1.165, 1.54) is 0 Å². The molecular weight excluding hydrogens is 436 g/mol. The molecule has 9 nitrogen and oxygen atoms in total. The average Bonchev–Trinajstić information content (AvgIpc) is 3.54. The molecule has 10 heteroatoms. The van der Waals surface area contributed by atoms with Crippen LogP contribution in [0.2, 0.25) is 0 Å². The molecule has 5 rings (SSSR count). The van der Waals surface area contributed by atoms with Crippen LogP contribution in [0.1, 0.15) is 33.5 Å². The summed E-state index contributed by atoms with van der Waals surface area (Å²) in [5.41, 5.74) is 4.18. The summed E-state index contributed by atoms with van der Waals surface area (Å²) in [6.07, 6.45) is 6.29. The van der Waals surface area contributed by atoms with Gasteiger partial charge in [0.2, 0.25) is 0 Å². The fourth-order valence-electron chi connectivity index (χ4n) is 4.51. The number of aromatic nitrogens is 4. The summed E-state index contributed by atoms with van der Waals surface area (Å²) in [5, 5.41) is 11.4. The first-order valence-corrected chi connectivity index (χ1v) is 12.0. The maximum atomic E-state index is 13.3. The van der Waals surface area contributed by atoms with E-state index in [0.717, 1.165) is 57.7 Å². The molecule has 5 heterocycles. The summed E-state index contributed by atoms with van der Waals surface area (Å²) in [6.45, 7) is 8.85. The standard InChI is InChI=1S/C23H28N8OS/c1-15-5-6-18(21-16(2)13-26-28(21)4)27-22(15)29-9-11-30(12-10-29)23(32)31-19(7-8-25-31)20-14-24-17(3)33-20/h5-6,8,13-14,19H,7,9-12H2,1-4H3. The molecule has 1 unspecified atom stereocenters. The number of carbonyl (C=O) groups excluding carboxylic acids is 1. The van der Waals surface area contributed by atoms with Gasteiger partial charge in [0.15, 0.2) is 0 Å². The fourth-order valence-corrected chi connectivity index (χ4v) is 5.39. The second kappa shape index (κ2) is 8.58. The maximum absolute atomic E-state index is 13.3. The molecule has 1 saturated heterocycles.